The quantitative estimate of drug-likeness (QED) is 0.439. The van der Waals surface area contributed by atoms with E-state index in [1.165, 1.54) is 4.90 Å². The summed E-state index contributed by atoms with van der Waals surface area (Å²) in [5.41, 5.74) is 14.8. The average Bonchev–Trinajstić information content (AvgIpc) is 2.75. The Kier molecular flexibility index (Phi) is 7.89. The summed E-state index contributed by atoms with van der Waals surface area (Å²) in [5, 5.41) is 18.2. The van der Waals surface area contributed by atoms with Crippen LogP contribution in [0.5, 0.6) is 0 Å². The maximum atomic E-state index is 12.1. The molecule has 0 bridgehead atoms. The highest BCUT2D eigenvalue weighted by Gasteiger charge is 2.39. The van der Waals surface area contributed by atoms with E-state index in [9.17, 15) is 14.7 Å². The summed E-state index contributed by atoms with van der Waals surface area (Å²) in [7, 11) is 0. The number of anilines is 2. The molecule has 0 saturated carbocycles. The predicted octanol–water partition coefficient (Wildman–Crippen LogP) is 1.45. The number of benzene rings is 2. The van der Waals surface area contributed by atoms with Crippen LogP contribution in [-0.4, -0.2) is 47.4 Å². The number of amides is 1. The van der Waals surface area contributed by atoms with Crippen molar-refractivity contribution in [1.82, 2.24) is 0 Å². The third-order valence-corrected chi connectivity index (χ3v) is 4.48. The van der Waals surface area contributed by atoms with Gasteiger partial charge in [0.25, 0.3) is 5.91 Å². The van der Waals surface area contributed by atoms with E-state index in [4.69, 9.17) is 27.9 Å². The molecule has 6 N–H and O–H groups in total. The summed E-state index contributed by atoms with van der Waals surface area (Å²) >= 11 is 0. The van der Waals surface area contributed by atoms with Crippen LogP contribution in [-0.2, 0) is 20.9 Å². The Hall–Kier alpha value is -3.45. The molecule has 1 fully saturated rings. The van der Waals surface area contributed by atoms with Crippen molar-refractivity contribution in [2.75, 3.05) is 23.8 Å². The summed E-state index contributed by atoms with van der Waals surface area (Å²) in [4.78, 5) is 27.6. The zero-order valence-corrected chi connectivity index (χ0v) is 16.5. The second-order valence-corrected chi connectivity index (χ2v) is 6.60. The van der Waals surface area contributed by atoms with Gasteiger partial charge < -0.3 is 31.3 Å². The lowest BCUT2D eigenvalue weighted by atomic mass is 10.1. The average molecular weight is 412 g/mol. The number of carboxylic acid groups (broad SMARTS) is 1. The van der Waals surface area contributed by atoms with Crippen LogP contribution >= 0.6 is 0 Å². The van der Waals surface area contributed by atoms with E-state index in [1.54, 1.807) is 30.3 Å². The first-order valence-corrected chi connectivity index (χ1v) is 9.15. The molecule has 2 aromatic carbocycles. The Morgan fingerprint density at radius 2 is 2.00 bits per heavy atom. The number of morpholine rings is 1. The number of nitrogens with two attached hydrogens (primary N) is 2. The molecule has 158 valence electrons. The minimum atomic E-state index is -1.85. The first-order valence-electron chi connectivity index (χ1n) is 9.15. The molecule has 1 saturated heterocycles. The third-order valence-electron chi connectivity index (χ3n) is 4.48. The van der Waals surface area contributed by atoms with Gasteiger partial charge in [0, 0.05) is 24.5 Å². The van der Waals surface area contributed by atoms with Gasteiger partial charge in [-0.25, -0.2) is 9.64 Å². The number of nitrogen functional groups attached to an aromatic ring is 1. The first kappa shape index (κ1) is 22.8. The van der Waals surface area contributed by atoms with Crippen LogP contribution in [0.25, 0.3) is 4.85 Å². The summed E-state index contributed by atoms with van der Waals surface area (Å²) in [6, 6.07) is 12.4. The molecule has 9 heteroatoms. The number of aliphatic carboxylic acids is 1. The van der Waals surface area contributed by atoms with Gasteiger partial charge in [-0.15, -0.1) is 0 Å². The third kappa shape index (κ3) is 5.55. The van der Waals surface area contributed by atoms with E-state index >= 15 is 0 Å². The van der Waals surface area contributed by atoms with Crippen LogP contribution in [0.3, 0.4) is 0 Å². The maximum absolute atomic E-state index is 12.1. The van der Waals surface area contributed by atoms with Crippen molar-refractivity contribution in [2.45, 2.75) is 25.7 Å². The van der Waals surface area contributed by atoms with Gasteiger partial charge in [0.15, 0.2) is 17.9 Å². The lowest BCUT2D eigenvalue weighted by molar-refractivity contribution is -0.163. The van der Waals surface area contributed by atoms with Crippen LogP contribution in [0.4, 0.5) is 17.1 Å². The minimum Gasteiger partial charge on any atom is -0.479 e. The molecule has 9 nitrogen and oxygen atoms in total. The standard InChI is InChI=1S/C13H15NO5.C8H9N3/c1-8-2-4-9(5-3-8)14-6-7-19-11(12(14)16)10(15)13(17)18;1-11-7-2-3-8(10)6(4-7)5-9/h2-5,10-11,15H,6-7H2,1H3,(H,17,18);2-4H,5,9-10H2/t10-,11-;/m1./s1. The molecule has 0 unspecified atom stereocenters. The number of aliphatic hydroxyl groups is 1. The molecule has 30 heavy (non-hydrogen) atoms. The number of hydrogen-bond donors (Lipinski definition) is 4. The Morgan fingerprint density at radius 3 is 2.57 bits per heavy atom. The van der Waals surface area contributed by atoms with Gasteiger partial charge in [0.2, 0.25) is 0 Å². The molecular formula is C21H24N4O5. The van der Waals surface area contributed by atoms with Crippen molar-refractivity contribution >= 4 is 28.9 Å². The maximum Gasteiger partial charge on any atom is 0.335 e. The topological polar surface area (TPSA) is 143 Å². The smallest absolute Gasteiger partial charge is 0.335 e. The zero-order valence-electron chi connectivity index (χ0n) is 16.5. The normalized spacial score (nSPS) is 16.8. The predicted molar refractivity (Wildman–Crippen MR) is 112 cm³/mol. The van der Waals surface area contributed by atoms with Gasteiger partial charge in [0.1, 0.15) is 0 Å². The fourth-order valence-electron chi connectivity index (χ4n) is 2.78. The molecule has 0 radical (unpaired) electrons. The fourth-order valence-corrected chi connectivity index (χ4v) is 2.78. The SMILES string of the molecule is Cc1ccc(N2CCO[C@H]([C@@H](O)C(=O)O)C2=O)cc1.[C-]#[N+]c1ccc(N)c(CN)c1. The molecule has 0 aliphatic carbocycles. The van der Waals surface area contributed by atoms with Gasteiger partial charge in [-0.2, -0.15) is 0 Å². The van der Waals surface area contributed by atoms with Crippen molar-refractivity contribution < 1.29 is 24.5 Å². The number of aryl methyl sites for hydroxylation is 1. The monoisotopic (exact) mass is 412 g/mol. The molecule has 2 aromatic rings. The lowest BCUT2D eigenvalue weighted by Crippen LogP contribution is -2.54. The number of aliphatic hydroxyl groups excluding tert-OH is 1. The van der Waals surface area contributed by atoms with Crippen LogP contribution in [0.15, 0.2) is 42.5 Å². The highest BCUT2D eigenvalue weighted by atomic mass is 16.5. The molecule has 0 aromatic heterocycles. The first-order chi connectivity index (χ1) is 14.3. The number of ether oxygens (including phenoxy) is 1. The summed E-state index contributed by atoms with van der Waals surface area (Å²) in [5.74, 6) is -2.01. The van der Waals surface area contributed by atoms with Gasteiger partial charge in [-0.1, -0.05) is 29.8 Å². The molecule has 1 heterocycles. The van der Waals surface area contributed by atoms with E-state index < -0.39 is 24.1 Å². The van der Waals surface area contributed by atoms with Gasteiger partial charge >= 0.3 is 5.97 Å². The van der Waals surface area contributed by atoms with E-state index in [-0.39, 0.29) is 6.61 Å². The van der Waals surface area contributed by atoms with Crippen molar-refractivity contribution in [3.8, 4) is 0 Å². The number of rotatable bonds is 4. The van der Waals surface area contributed by atoms with Gasteiger partial charge in [-0.05, 0) is 30.7 Å². The second kappa shape index (κ2) is 10.4. The molecule has 2 atom stereocenters. The van der Waals surface area contributed by atoms with Crippen molar-refractivity contribution in [3.63, 3.8) is 0 Å². The van der Waals surface area contributed by atoms with E-state index in [1.807, 2.05) is 19.1 Å². The van der Waals surface area contributed by atoms with Crippen molar-refractivity contribution in [2.24, 2.45) is 5.73 Å². The van der Waals surface area contributed by atoms with Crippen LogP contribution in [0, 0.1) is 13.5 Å². The van der Waals surface area contributed by atoms with Crippen LogP contribution in [0.2, 0.25) is 0 Å². The number of carbonyl (C=O) groups is 2. The summed E-state index contributed by atoms with van der Waals surface area (Å²) < 4.78 is 5.07. The molecule has 1 amide bonds. The highest BCUT2D eigenvalue weighted by Crippen LogP contribution is 2.21. The number of nitrogens with zero attached hydrogens (tertiary/aromatic N) is 2. The Labute approximate surface area is 174 Å². The Morgan fingerprint density at radius 1 is 1.33 bits per heavy atom. The van der Waals surface area contributed by atoms with Gasteiger partial charge in [-0.3, -0.25) is 4.79 Å². The molecule has 1 aliphatic heterocycles. The molecular weight excluding hydrogens is 388 g/mol. The van der Waals surface area contributed by atoms with E-state index in [0.29, 0.717) is 30.2 Å². The fraction of sp³-hybridized carbons (Fsp3) is 0.286. The zero-order chi connectivity index (χ0) is 22.3. The van der Waals surface area contributed by atoms with Gasteiger partial charge in [0.05, 0.1) is 13.2 Å². The Bertz CT molecular complexity index is 939. The summed E-state index contributed by atoms with van der Waals surface area (Å²) in [6.45, 7) is 9.57. The largest absolute Gasteiger partial charge is 0.479 e. The second-order valence-electron chi connectivity index (χ2n) is 6.60. The Balaban J connectivity index is 0.000000248. The number of hydrogen-bond acceptors (Lipinski definition) is 6. The minimum absolute atomic E-state index is 0.189. The van der Waals surface area contributed by atoms with E-state index in [2.05, 4.69) is 4.85 Å². The van der Waals surface area contributed by atoms with Crippen LogP contribution < -0.4 is 16.4 Å². The number of carboxylic acids is 1. The van der Waals surface area contributed by atoms with E-state index in [0.717, 1.165) is 11.1 Å². The highest BCUT2D eigenvalue weighted by molar-refractivity contribution is 6.00. The summed E-state index contributed by atoms with van der Waals surface area (Å²) in [6.07, 6.45) is -3.20. The van der Waals surface area contributed by atoms with Crippen LogP contribution in [0.1, 0.15) is 11.1 Å². The number of carbonyl (C=O) groups excluding carboxylic acids is 1. The van der Waals surface area contributed by atoms with Crippen molar-refractivity contribution in [1.29, 1.82) is 0 Å². The lowest BCUT2D eigenvalue weighted by Gasteiger charge is -2.33. The molecule has 1 aliphatic rings. The van der Waals surface area contributed by atoms with Crippen molar-refractivity contribution in [3.05, 3.63) is 65.0 Å². The molecule has 3 rings (SSSR count). The molecule has 0 spiro atoms.